The summed E-state index contributed by atoms with van der Waals surface area (Å²) in [5.41, 5.74) is 3.23. The van der Waals surface area contributed by atoms with E-state index in [1.807, 2.05) is 30.3 Å². The SMILES string of the molecule is COc1ccc(CCc2nc(N3CCCCC3CCc3ccccc3)ncc2C(=O)O)cc1. The molecule has 172 valence electrons. The molecule has 1 aromatic heterocycles. The van der Waals surface area contributed by atoms with Crippen LogP contribution in [0.4, 0.5) is 5.95 Å². The van der Waals surface area contributed by atoms with E-state index >= 15 is 0 Å². The lowest BCUT2D eigenvalue weighted by Crippen LogP contribution is -2.41. The molecule has 1 unspecified atom stereocenters. The zero-order chi connectivity index (χ0) is 23.0. The number of aromatic carboxylic acids is 1. The molecule has 0 spiro atoms. The molecule has 6 nitrogen and oxygen atoms in total. The van der Waals surface area contributed by atoms with Crippen molar-refractivity contribution >= 4 is 11.9 Å². The second kappa shape index (κ2) is 10.9. The van der Waals surface area contributed by atoms with Gasteiger partial charge in [0.1, 0.15) is 5.75 Å². The van der Waals surface area contributed by atoms with Crippen molar-refractivity contribution in [3.63, 3.8) is 0 Å². The number of hydrogen-bond acceptors (Lipinski definition) is 5. The van der Waals surface area contributed by atoms with Gasteiger partial charge in [0.15, 0.2) is 0 Å². The summed E-state index contributed by atoms with van der Waals surface area (Å²) in [5.74, 6) is 0.481. The highest BCUT2D eigenvalue weighted by Crippen LogP contribution is 2.26. The van der Waals surface area contributed by atoms with E-state index < -0.39 is 5.97 Å². The van der Waals surface area contributed by atoms with E-state index in [1.54, 1.807) is 7.11 Å². The molecule has 1 aliphatic rings. The van der Waals surface area contributed by atoms with Crippen LogP contribution < -0.4 is 9.64 Å². The second-order valence-electron chi connectivity index (χ2n) is 8.55. The van der Waals surface area contributed by atoms with Crippen LogP contribution in [-0.2, 0) is 19.3 Å². The molecule has 33 heavy (non-hydrogen) atoms. The number of methoxy groups -OCH3 is 1. The van der Waals surface area contributed by atoms with Crippen molar-refractivity contribution in [2.45, 2.75) is 51.0 Å². The number of carbonyl (C=O) groups is 1. The van der Waals surface area contributed by atoms with Crippen molar-refractivity contribution in [3.8, 4) is 5.75 Å². The molecular weight excluding hydrogens is 414 g/mol. The Bertz CT molecular complexity index is 1050. The first-order valence-corrected chi connectivity index (χ1v) is 11.7. The standard InChI is InChI=1S/C27H31N3O3/c1-33-23-15-11-21(12-16-23)13-17-25-24(26(31)32)19-28-27(29-25)30-18-6-5-9-22(30)14-10-20-7-3-2-4-8-20/h2-4,7-8,11-12,15-16,19,22H,5-6,9-10,13-14,17-18H2,1H3,(H,31,32). The number of aryl methyl sites for hydroxylation is 3. The van der Waals surface area contributed by atoms with Crippen LogP contribution >= 0.6 is 0 Å². The van der Waals surface area contributed by atoms with Gasteiger partial charge in [0.2, 0.25) is 5.95 Å². The van der Waals surface area contributed by atoms with Crippen LogP contribution in [0.5, 0.6) is 5.75 Å². The molecule has 0 saturated carbocycles. The molecule has 1 N–H and O–H groups in total. The lowest BCUT2D eigenvalue weighted by Gasteiger charge is -2.36. The monoisotopic (exact) mass is 445 g/mol. The Labute approximate surface area is 195 Å². The van der Waals surface area contributed by atoms with Gasteiger partial charge in [0, 0.05) is 18.8 Å². The normalized spacial score (nSPS) is 15.9. The molecule has 1 fully saturated rings. The zero-order valence-corrected chi connectivity index (χ0v) is 19.1. The topological polar surface area (TPSA) is 75.5 Å². The van der Waals surface area contributed by atoms with Gasteiger partial charge in [0.05, 0.1) is 18.4 Å². The summed E-state index contributed by atoms with van der Waals surface area (Å²) in [5, 5.41) is 9.68. The number of benzene rings is 2. The second-order valence-corrected chi connectivity index (χ2v) is 8.55. The largest absolute Gasteiger partial charge is 0.497 e. The van der Waals surface area contributed by atoms with Gasteiger partial charge in [-0.1, -0.05) is 42.5 Å². The van der Waals surface area contributed by atoms with Gasteiger partial charge in [-0.2, -0.15) is 0 Å². The third kappa shape index (κ3) is 5.89. The highest BCUT2D eigenvalue weighted by Gasteiger charge is 2.26. The first-order chi connectivity index (χ1) is 16.1. The molecule has 2 heterocycles. The summed E-state index contributed by atoms with van der Waals surface area (Å²) >= 11 is 0. The van der Waals surface area contributed by atoms with Crippen molar-refractivity contribution in [3.05, 3.63) is 83.2 Å². The maximum atomic E-state index is 11.8. The van der Waals surface area contributed by atoms with Crippen LogP contribution in [0, 0.1) is 0 Å². The summed E-state index contributed by atoms with van der Waals surface area (Å²) in [6.45, 7) is 0.907. The summed E-state index contributed by atoms with van der Waals surface area (Å²) in [4.78, 5) is 23.4. The minimum Gasteiger partial charge on any atom is -0.497 e. The van der Waals surface area contributed by atoms with Crippen LogP contribution in [-0.4, -0.2) is 40.7 Å². The van der Waals surface area contributed by atoms with E-state index in [0.29, 0.717) is 30.5 Å². The van der Waals surface area contributed by atoms with Crippen LogP contribution in [0.15, 0.2) is 60.8 Å². The van der Waals surface area contributed by atoms with Gasteiger partial charge in [0.25, 0.3) is 0 Å². The minimum absolute atomic E-state index is 0.185. The van der Waals surface area contributed by atoms with E-state index in [9.17, 15) is 9.90 Å². The maximum Gasteiger partial charge on any atom is 0.339 e. The molecule has 1 saturated heterocycles. The van der Waals surface area contributed by atoms with Crippen molar-refractivity contribution in [1.82, 2.24) is 9.97 Å². The summed E-state index contributed by atoms with van der Waals surface area (Å²) < 4.78 is 5.22. The van der Waals surface area contributed by atoms with Gasteiger partial charge < -0.3 is 14.7 Å². The van der Waals surface area contributed by atoms with Gasteiger partial charge in [-0.25, -0.2) is 14.8 Å². The minimum atomic E-state index is -0.981. The van der Waals surface area contributed by atoms with Crippen molar-refractivity contribution < 1.29 is 14.6 Å². The quantitative estimate of drug-likeness (QED) is 0.502. The molecule has 6 heteroatoms. The molecular formula is C27H31N3O3. The molecule has 1 atom stereocenters. The number of piperidine rings is 1. The first kappa shape index (κ1) is 22.8. The van der Waals surface area contributed by atoms with E-state index in [4.69, 9.17) is 9.72 Å². The van der Waals surface area contributed by atoms with Gasteiger partial charge in [-0.15, -0.1) is 0 Å². The average Bonchev–Trinajstić information content (AvgIpc) is 2.87. The number of hydrogen-bond donors (Lipinski definition) is 1. The molecule has 3 aromatic rings. The fourth-order valence-electron chi connectivity index (χ4n) is 4.51. The fourth-order valence-corrected chi connectivity index (χ4v) is 4.51. The molecule has 0 amide bonds. The van der Waals surface area contributed by atoms with Crippen LogP contribution in [0.3, 0.4) is 0 Å². The van der Waals surface area contributed by atoms with E-state index in [1.165, 1.54) is 18.2 Å². The lowest BCUT2D eigenvalue weighted by atomic mass is 9.96. The first-order valence-electron chi connectivity index (χ1n) is 11.7. The van der Waals surface area contributed by atoms with Gasteiger partial charge in [-0.3, -0.25) is 0 Å². The van der Waals surface area contributed by atoms with Crippen molar-refractivity contribution in [1.29, 1.82) is 0 Å². The predicted octanol–water partition coefficient (Wildman–Crippen LogP) is 4.96. The van der Waals surface area contributed by atoms with Crippen LogP contribution in [0.1, 0.15) is 52.9 Å². The van der Waals surface area contributed by atoms with Crippen molar-refractivity contribution in [2.75, 3.05) is 18.6 Å². The Kier molecular flexibility index (Phi) is 7.55. The smallest absolute Gasteiger partial charge is 0.339 e. The predicted molar refractivity (Wildman–Crippen MR) is 129 cm³/mol. The Hall–Kier alpha value is -3.41. The van der Waals surface area contributed by atoms with Gasteiger partial charge >= 0.3 is 5.97 Å². The van der Waals surface area contributed by atoms with E-state index in [0.717, 1.165) is 43.5 Å². The number of carboxylic acids is 1. The maximum absolute atomic E-state index is 11.8. The van der Waals surface area contributed by atoms with E-state index in [2.05, 4.69) is 34.1 Å². The molecule has 0 radical (unpaired) electrons. The van der Waals surface area contributed by atoms with Gasteiger partial charge in [-0.05, 0) is 68.2 Å². The third-order valence-electron chi connectivity index (χ3n) is 6.39. The highest BCUT2D eigenvalue weighted by molar-refractivity contribution is 5.88. The number of rotatable bonds is 9. The fraction of sp³-hybridized carbons (Fsp3) is 0.370. The Morgan fingerprint density at radius 1 is 1.03 bits per heavy atom. The Morgan fingerprint density at radius 2 is 1.79 bits per heavy atom. The molecule has 1 aliphatic heterocycles. The number of ether oxygens (including phenoxy) is 1. The number of aromatic nitrogens is 2. The summed E-state index contributed by atoms with van der Waals surface area (Å²) in [6, 6.07) is 18.8. The van der Waals surface area contributed by atoms with E-state index in [-0.39, 0.29) is 5.56 Å². The van der Waals surface area contributed by atoms with Crippen LogP contribution in [0.25, 0.3) is 0 Å². The number of anilines is 1. The zero-order valence-electron chi connectivity index (χ0n) is 19.1. The Morgan fingerprint density at radius 3 is 2.52 bits per heavy atom. The summed E-state index contributed by atoms with van der Waals surface area (Å²) in [6.07, 6.45) is 8.20. The molecule has 2 aromatic carbocycles. The molecule has 0 bridgehead atoms. The summed E-state index contributed by atoms with van der Waals surface area (Å²) in [7, 11) is 1.64. The molecule has 4 rings (SSSR count). The highest BCUT2D eigenvalue weighted by atomic mass is 16.5. The van der Waals surface area contributed by atoms with Crippen molar-refractivity contribution in [2.24, 2.45) is 0 Å². The number of carboxylic acid groups (broad SMARTS) is 1. The lowest BCUT2D eigenvalue weighted by molar-refractivity contribution is 0.0694. The van der Waals surface area contributed by atoms with Crippen LogP contribution in [0.2, 0.25) is 0 Å². The number of nitrogens with zero attached hydrogens (tertiary/aromatic N) is 3. The molecule has 0 aliphatic carbocycles. The third-order valence-corrected chi connectivity index (χ3v) is 6.39. The average molecular weight is 446 g/mol. The Balaban J connectivity index is 1.51.